The van der Waals surface area contributed by atoms with Crippen LogP contribution in [0.25, 0.3) is 0 Å². The maximum atomic E-state index is 10.4. The summed E-state index contributed by atoms with van der Waals surface area (Å²) in [6, 6.07) is 11.3. The van der Waals surface area contributed by atoms with Crippen LogP contribution in [-0.2, 0) is 6.54 Å². The fraction of sp³-hybridized carbons (Fsp3) is 0.200. The topological polar surface area (TPSA) is 153 Å². The molecule has 138 valence electrons. The number of nitro benzene ring substituents is 3. The molecule has 0 atom stereocenters. The molecule has 11 nitrogen and oxygen atoms in total. The smallest absolute Gasteiger partial charge is 0.324 e. The fourth-order valence-corrected chi connectivity index (χ4v) is 1.92. The highest BCUT2D eigenvalue weighted by Crippen LogP contribution is 2.38. The lowest BCUT2D eigenvalue weighted by Crippen LogP contribution is -2.10. The Bertz CT molecular complexity index is 774. The molecule has 11 heteroatoms. The van der Waals surface area contributed by atoms with E-state index in [0.717, 1.165) is 6.54 Å². The number of hydrogen-bond acceptors (Lipinski definition) is 8. The van der Waals surface area contributed by atoms with Crippen LogP contribution in [-0.4, -0.2) is 38.9 Å². The summed E-state index contributed by atoms with van der Waals surface area (Å²) in [5, 5.41) is 40.2. The second-order valence-electron chi connectivity index (χ2n) is 5.33. The van der Waals surface area contributed by atoms with E-state index in [9.17, 15) is 30.3 Å². The Labute approximate surface area is 147 Å². The minimum atomic E-state index is -1.21. The van der Waals surface area contributed by atoms with Crippen molar-refractivity contribution in [3.8, 4) is 5.75 Å². The molecule has 0 bridgehead atoms. The van der Waals surface area contributed by atoms with E-state index >= 15 is 0 Å². The van der Waals surface area contributed by atoms with Crippen molar-refractivity contribution < 1.29 is 19.9 Å². The number of rotatable bonds is 5. The maximum absolute atomic E-state index is 10.4. The second-order valence-corrected chi connectivity index (χ2v) is 5.33. The normalized spacial score (nSPS) is 9.96. The van der Waals surface area contributed by atoms with E-state index in [1.807, 2.05) is 6.07 Å². The Balaban J connectivity index is 0.000000289. The molecule has 0 amide bonds. The van der Waals surface area contributed by atoms with Crippen LogP contribution in [0.5, 0.6) is 5.75 Å². The minimum absolute atomic E-state index is 0.447. The van der Waals surface area contributed by atoms with Gasteiger partial charge in [-0.1, -0.05) is 30.3 Å². The first-order chi connectivity index (χ1) is 12.1. The lowest BCUT2D eigenvalue weighted by atomic mass is 10.2. The van der Waals surface area contributed by atoms with Crippen molar-refractivity contribution in [2.24, 2.45) is 0 Å². The van der Waals surface area contributed by atoms with E-state index in [1.54, 1.807) is 0 Å². The first kappa shape index (κ1) is 20.4. The molecule has 0 aliphatic rings. The summed E-state index contributed by atoms with van der Waals surface area (Å²) in [5.74, 6) is -1.21. The Kier molecular flexibility index (Phi) is 7.10. The van der Waals surface area contributed by atoms with Crippen molar-refractivity contribution in [3.05, 3.63) is 78.4 Å². The van der Waals surface area contributed by atoms with Crippen molar-refractivity contribution in [3.63, 3.8) is 0 Å². The Morgan fingerprint density at radius 2 is 1.35 bits per heavy atom. The van der Waals surface area contributed by atoms with Crippen LogP contribution < -0.4 is 0 Å². The Morgan fingerprint density at radius 1 is 0.885 bits per heavy atom. The molecular formula is C15H16N4O7. The largest absolute Gasteiger partial charge is 0.497 e. The lowest BCUT2D eigenvalue weighted by Gasteiger charge is -2.08. The summed E-state index contributed by atoms with van der Waals surface area (Å²) in [4.78, 5) is 29.9. The number of aromatic hydroxyl groups is 1. The van der Waals surface area contributed by atoms with Gasteiger partial charge in [0.1, 0.15) is 0 Å². The first-order valence-electron chi connectivity index (χ1n) is 7.12. The summed E-state index contributed by atoms with van der Waals surface area (Å²) in [6.45, 7) is 1.03. The molecule has 0 radical (unpaired) electrons. The molecule has 2 rings (SSSR count). The van der Waals surface area contributed by atoms with Crippen molar-refractivity contribution in [2.75, 3.05) is 14.1 Å². The van der Waals surface area contributed by atoms with Gasteiger partial charge in [0.2, 0.25) is 0 Å². The summed E-state index contributed by atoms with van der Waals surface area (Å²) in [5.41, 5.74) is -1.63. The van der Waals surface area contributed by atoms with Crippen LogP contribution in [0.3, 0.4) is 0 Å². The average molecular weight is 364 g/mol. The van der Waals surface area contributed by atoms with E-state index in [4.69, 9.17) is 5.11 Å². The number of hydrogen-bond donors (Lipinski definition) is 1. The third-order valence-corrected chi connectivity index (χ3v) is 3.00. The van der Waals surface area contributed by atoms with E-state index in [2.05, 4.69) is 43.3 Å². The van der Waals surface area contributed by atoms with Crippen LogP contribution in [0.2, 0.25) is 0 Å². The number of nitro groups is 3. The number of nitrogens with zero attached hydrogens (tertiary/aromatic N) is 4. The molecule has 0 fully saturated rings. The summed E-state index contributed by atoms with van der Waals surface area (Å²) in [7, 11) is 4.15. The molecule has 0 aromatic heterocycles. The maximum Gasteiger partial charge on any atom is 0.324 e. The second kappa shape index (κ2) is 9.03. The third-order valence-electron chi connectivity index (χ3n) is 3.00. The van der Waals surface area contributed by atoms with E-state index in [0.29, 0.717) is 12.1 Å². The number of phenols is 1. The van der Waals surface area contributed by atoms with E-state index in [1.165, 1.54) is 5.56 Å². The van der Waals surface area contributed by atoms with Gasteiger partial charge < -0.3 is 10.0 Å². The molecule has 0 saturated heterocycles. The van der Waals surface area contributed by atoms with Crippen LogP contribution in [0.4, 0.5) is 17.1 Å². The first-order valence-corrected chi connectivity index (χ1v) is 7.12. The van der Waals surface area contributed by atoms with Crippen molar-refractivity contribution in [1.29, 1.82) is 0 Å². The molecule has 26 heavy (non-hydrogen) atoms. The standard InChI is InChI=1S/C9H13N.C6H3N3O7/c1-10(2)8-9-6-4-3-5-7-9;10-6-4(8(13)14)1-3(7(11)12)2-5(6)9(15)16/h3-7H,8H2,1-2H3;1-2,10H. The molecule has 0 spiro atoms. The van der Waals surface area contributed by atoms with Crippen LogP contribution in [0, 0.1) is 30.3 Å². The molecule has 0 heterocycles. The zero-order chi connectivity index (χ0) is 19.9. The average Bonchev–Trinajstić information content (AvgIpc) is 2.55. The molecule has 2 aromatic carbocycles. The van der Waals surface area contributed by atoms with Gasteiger partial charge in [0.25, 0.3) is 11.4 Å². The van der Waals surface area contributed by atoms with Gasteiger partial charge in [-0.2, -0.15) is 0 Å². The van der Waals surface area contributed by atoms with Crippen molar-refractivity contribution in [2.45, 2.75) is 6.54 Å². The van der Waals surface area contributed by atoms with Gasteiger partial charge in [-0.05, 0) is 19.7 Å². The summed E-state index contributed by atoms with van der Waals surface area (Å²) >= 11 is 0. The molecule has 1 N–H and O–H groups in total. The molecule has 0 unspecified atom stereocenters. The SMILES string of the molecule is CN(C)Cc1ccccc1.O=[N+]([O-])c1cc([N+](=O)[O-])c(O)c([N+](=O)[O-])c1. The zero-order valence-corrected chi connectivity index (χ0v) is 13.9. The highest BCUT2D eigenvalue weighted by Gasteiger charge is 2.30. The predicted molar refractivity (Wildman–Crippen MR) is 91.9 cm³/mol. The molecule has 0 saturated carbocycles. The minimum Gasteiger partial charge on any atom is -0.497 e. The fourth-order valence-electron chi connectivity index (χ4n) is 1.92. The van der Waals surface area contributed by atoms with Crippen molar-refractivity contribution >= 4 is 17.1 Å². The van der Waals surface area contributed by atoms with E-state index in [-0.39, 0.29) is 0 Å². The Morgan fingerprint density at radius 3 is 1.69 bits per heavy atom. The van der Waals surface area contributed by atoms with Gasteiger partial charge in [0.15, 0.2) is 0 Å². The monoisotopic (exact) mass is 364 g/mol. The van der Waals surface area contributed by atoms with Gasteiger partial charge in [0.05, 0.1) is 26.9 Å². The van der Waals surface area contributed by atoms with Crippen molar-refractivity contribution in [1.82, 2.24) is 4.90 Å². The molecule has 0 aliphatic carbocycles. The summed E-state index contributed by atoms with van der Waals surface area (Å²) < 4.78 is 0. The van der Waals surface area contributed by atoms with E-state index < -0.39 is 37.6 Å². The number of non-ortho nitro benzene ring substituents is 1. The Hall–Kier alpha value is -3.60. The molecule has 0 aliphatic heterocycles. The molecular weight excluding hydrogens is 348 g/mol. The summed E-state index contributed by atoms with van der Waals surface area (Å²) in [6.07, 6.45) is 0. The van der Waals surface area contributed by atoms with Gasteiger partial charge in [-0.3, -0.25) is 30.3 Å². The van der Waals surface area contributed by atoms with Crippen LogP contribution in [0.1, 0.15) is 5.56 Å². The van der Waals surface area contributed by atoms with Gasteiger partial charge >= 0.3 is 11.4 Å². The highest BCUT2D eigenvalue weighted by atomic mass is 16.6. The van der Waals surface area contributed by atoms with Gasteiger partial charge in [0, 0.05) is 6.54 Å². The number of benzene rings is 2. The van der Waals surface area contributed by atoms with Crippen LogP contribution >= 0.6 is 0 Å². The van der Waals surface area contributed by atoms with Gasteiger partial charge in [-0.25, -0.2) is 0 Å². The molecule has 2 aromatic rings. The zero-order valence-electron chi connectivity index (χ0n) is 13.9. The highest BCUT2D eigenvalue weighted by molar-refractivity contribution is 5.64. The number of phenolic OH excluding ortho intramolecular Hbond substituents is 1. The lowest BCUT2D eigenvalue weighted by molar-refractivity contribution is -0.404. The quantitative estimate of drug-likeness (QED) is 0.627. The third kappa shape index (κ3) is 5.79. The van der Waals surface area contributed by atoms with Gasteiger partial charge in [-0.15, -0.1) is 0 Å². The predicted octanol–water partition coefficient (Wildman–Crippen LogP) is 2.87. The van der Waals surface area contributed by atoms with Crippen LogP contribution in [0.15, 0.2) is 42.5 Å².